The fourth-order valence-corrected chi connectivity index (χ4v) is 2.29. The van der Waals surface area contributed by atoms with Crippen molar-refractivity contribution in [1.29, 1.82) is 0 Å². The minimum atomic E-state index is 0.745. The summed E-state index contributed by atoms with van der Waals surface area (Å²) in [5.41, 5.74) is 4.74. The first-order valence-electron chi connectivity index (χ1n) is 4.11. The Morgan fingerprint density at radius 1 is 1.20 bits per heavy atom. The second-order valence-corrected chi connectivity index (χ2v) is 3.75. The van der Waals surface area contributed by atoms with Gasteiger partial charge in [0.2, 0.25) is 0 Å². The van der Waals surface area contributed by atoms with Crippen molar-refractivity contribution in [3.8, 4) is 0 Å². The van der Waals surface area contributed by atoms with Crippen LogP contribution in [0.15, 0.2) is 23.3 Å². The summed E-state index contributed by atoms with van der Waals surface area (Å²) < 4.78 is 0. The topological polar surface area (TPSA) is 0 Å². The van der Waals surface area contributed by atoms with Crippen LogP contribution in [-0.4, -0.2) is 0 Å². The Morgan fingerprint density at radius 3 is 2.20 bits per heavy atom. The summed E-state index contributed by atoms with van der Waals surface area (Å²) in [4.78, 5) is 0. The van der Waals surface area contributed by atoms with E-state index in [1.807, 2.05) is 0 Å². The lowest BCUT2D eigenvalue weighted by Crippen LogP contribution is -2.11. The number of hydrogen-bond donors (Lipinski definition) is 0. The molecule has 0 spiro atoms. The third-order valence-electron chi connectivity index (χ3n) is 2.92. The summed E-state index contributed by atoms with van der Waals surface area (Å²) in [5, 5.41) is 0. The van der Waals surface area contributed by atoms with E-state index >= 15 is 0 Å². The van der Waals surface area contributed by atoms with Crippen LogP contribution in [0.25, 0.3) is 0 Å². The predicted molar refractivity (Wildman–Crippen MR) is 43.7 cm³/mol. The molecule has 0 saturated carbocycles. The van der Waals surface area contributed by atoms with Crippen LogP contribution in [0.3, 0.4) is 0 Å². The highest BCUT2D eigenvalue weighted by Gasteiger charge is 2.35. The average Bonchev–Trinajstić information content (AvgIpc) is 2.05. The molecule has 0 aliphatic heterocycles. The Kier molecular flexibility index (Phi) is 1.08. The molecule has 2 atom stereocenters. The number of allylic oxidation sites excluding steroid dienone is 3. The summed E-state index contributed by atoms with van der Waals surface area (Å²) in [7, 11) is 0. The second-order valence-electron chi connectivity index (χ2n) is 3.75. The first-order valence-corrected chi connectivity index (χ1v) is 4.11. The molecule has 0 aromatic heterocycles. The first kappa shape index (κ1) is 6.21. The molecule has 2 aliphatic rings. The molecular weight excluding hydrogens is 120 g/mol. The third kappa shape index (κ3) is 0.570. The van der Waals surface area contributed by atoms with Gasteiger partial charge in [-0.2, -0.15) is 0 Å². The molecule has 1 unspecified atom stereocenters. The normalized spacial score (nSPS) is 38.0. The summed E-state index contributed by atoms with van der Waals surface area (Å²) in [6.45, 7) is 8.70. The van der Waals surface area contributed by atoms with Crippen molar-refractivity contribution in [2.45, 2.75) is 26.7 Å². The standard InChI is InChI=1S/C10H14/c1-6-4-9-5-7(2)10(9)8(6)3/h6-7H,3-5H2,1-2H3/t6-,7?/m0/s1. The van der Waals surface area contributed by atoms with Crippen molar-refractivity contribution < 1.29 is 0 Å². The first-order chi connectivity index (χ1) is 4.70. The van der Waals surface area contributed by atoms with Crippen LogP contribution < -0.4 is 0 Å². The molecule has 54 valence electrons. The van der Waals surface area contributed by atoms with Gasteiger partial charge in [-0.3, -0.25) is 0 Å². The molecule has 0 amide bonds. The van der Waals surface area contributed by atoms with Crippen molar-refractivity contribution in [2.75, 3.05) is 0 Å². The molecule has 0 N–H and O–H groups in total. The predicted octanol–water partition coefficient (Wildman–Crippen LogP) is 2.92. The zero-order valence-electron chi connectivity index (χ0n) is 6.78. The van der Waals surface area contributed by atoms with Crippen molar-refractivity contribution in [1.82, 2.24) is 0 Å². The molecule has 0 radical (unpaired) electrons. The molecule has 2 rings (SSSR count). The molecule has 0 nitrogen and oxygen atoms in total. The van der Waals surface area contributed by atoms with E-state index in [-0.39, 0.29) is 0 Å². The van der Waals surface area contributed by atoms with E-state index in [0.717, 1.165) is 11.8 Å². The van der Waals surface area contributed by atoms with Crippen LogP contribution in [0.5, 0.6) is 0 Å². The Balaban J connectivity index is 2.31. The van der Waals surface area contributed by atoms with E-state index in [1.54, 1.807) is 11.1 Å². The Morgan fingerprint density at radius 2 is 1.80 bits per heavy atom. The largest absolute Gasteiger partial charge is 0.0953 e. The Bertz CT molecular complexity index is 220. The molecule has 2 aliphatic carbocycles. The van der Waals surface area contributed by atoms with Gasteiger partial charge in [0.1, 0.15) is 0 Å². The maximum absolute atomic E-state index is 4.11. The maximum atomic E-state index is 4.11. The number of hydrogen-bond acceptors (Lipinski definition) is 0. The molecule has 0 bridgehead atoms. The van der Waals surface area contributed by atoms with E-state index in [9.17, 15) is 0 Å². The number of rotatable bonds is 0. The zero-order chi connectivity index (χ0) is 7.30. The molecule has 0 heteroatoms. The SMILES string of the molecule is C=C1C2=C(CC2C)C[C@@H]1C. The minimum Gasteiger partial charge on any atom is -0.0953 e. The molecule has 0 fully saturated rings. The highest BCUT2D eigenvalue weighted by atomic mass is 14.4. The Hall–Kier alpha value is -0.520. The van der Waals surface area contributed by atoms with Crippen LogP contribution in [0.2, 0.25) is 0 Å². The van der Waals surface area contributed by atoms with E-state index < -0.39 is 0 Å². The fraction of sp³-hybridized carbons (Fsp3) is 0.600. The van der Waals surface area contributed by atoms with E-state index in [2.05, 4.69) is 20.4 Å². The molecule has 0 aromatic carbocycles. The maximum Gasteiger partial charge on any atom is -0.0151 e. The molecule has 0 aromatic rings. The van der Waals surface area contributed by atoms with Gasteiger partial charge < -0.3 is 0 Å². The third-order valence-corrected chi connectivity index (χ3v) is 2.92. The van der Waals surface area contributed by atoms with Crippen molar-refractivity contribution in [3.05, 3.63) is 23.3 Å². The van der Waals surface area contributed by atoms with Crippen molar-refractivity contribution >= 4 is 0 Å². The second kappa shape index (κ2) is 1.75. The highest BCUT2D eigenvalue weighted by Crippen LogP contribution is 2.50. The van der Waals surface area contributed by atoms with E-state index in [1.165, 1.54) is 18.4 Å². The Labute approximate surface area is 62.6 Å². The van der Waals surface area contributed by atoms with Crippen LogP contribution in [-0.2, 0) is 0 Å². The summed E-state index contributed by atoms with van der Waals surface area (Å²) in [6.07, 6.45) is 2.65. The van der Waals surface area contributed by atoms with Crippen LogP contribution >= 0.6 is 0 Å². The van der Waals surface area contributed by atoms with Crippen molar-refractivity contribution in [2.24, 2.45) is 11.8 Å². The lowest BCUT2D eigenvalue weighted by molar-refractivity contribution is 0.597. The van der Waals surface area contributed by atoms with Gasteiger partial charge in [0.25, 0.3) is 0 Å². The van der Waals surface area contributed by atoms with Crippen molar-refractivity contribution in [3.63, 3.8) is 0 Å². The van der Waals surface area contributed by atoms with Gasteiger partial charge in [0.15, 0.2) is 0 Å². The quantitative estimate of drug-likeness (QED) is 0.478. The van der Waals surface area contributed by atoms with Gasteiger partial charge in [-0.25, -0.2) is 0 Å². The molecular formula is C10H14. The average molecular weight is 134 g/mol. The highest BCUT2D eigenvalue weighted by molar-refractivity contribution is 5.49. The molecule has 10 heavy (non-hydrogen) atoms. The monoisotopic (exact) mass is 134 g/mol. The zero-order valence-corrected chi connectivity index (χ0v) is 6.78. The summed E-state index contributed by atoms with van der Waals surface area (Å²) in [6, 6.07) is 0. The van der Waals surface area contributed by atoms with E-state index in [4.69, 9.17) is 0 Å². The summed E-state index contributed by atoms with van der Waals surface area (Å²) >= 11 is 0. The van der Waals surface area contributed by atoms with Crippen LogP contribution in [0, 0.1) is 11.8 Å². The molecule has 0 heterocycles. The van der Waals surface area contributed by atoms with E-state index in [0.29, 0.717) is 0 Å². The van der Waals surface area contributed by atoms with Gasteiger partial charge in [-0.05, 0) is 35.8 Å². The summed E-state index contributed by atoms with van der Waals surface area (Å²) in [5.74, 6) is 1.57. The van der Waals surface area contributed by atoms with Gasteiger partial charge in [-0.15, -0.1) is 0 Å². The minimum absolute atomic E-state index is 0.745. The van der Waals surface area contributed by atoms with Gasteiger partial charge in [0, 0.05) is 0 Å². The fourth-order valence-electron chi connectivity index (χ4n) is 2.29. The van der Waals surface area contributed by atoms with Crippen LogP contribution in [0.4, 0.5) is 0 Å². The van der Waals surface area contributed by atoms with Crippen LogP contribution in [0.1, 0.15) is 26.7 Å². The van der Waals surface area contributed by atoms with Gasteiger partial charge >= 0.3 is 0 Å². The lowest BCUT2D eigenvalue weighted by atomic mass is 9.79. The van der Waals surface area contributed by atoms with Gasteiger partial charge in [0.05, 0.1) is 0 Å². The molecule has 0 saturated heterocycles. The van der Waals surface area contributed by atoms with Gasteiger partial charge in [-0.1, -0.05) is 26.0 Å². The lowest BCUT2D eigenvalue weighted by Gasteiger charge is -2.26. The smallest absolute Gasteiger partial charge is 0.0151 e.